The Morgan fingerprint density at radius 3 is 2.28 bits per heavy atom. The van der Waals surface area contributed by atoms with E-state index in [1.54, 1.807) is 7.11 Å². The summed E-state index contributed by atoms with van der Waals surface area (Å²) in [4.78, 5) is 29.2. The Labute approximate surface area is 148 Å². The van der Waals surface area contributed by atoms with Gasteiger partial charge in [0.2, 0.25) is 11.8 Å². The first-order valence-electron chi connectivity index (χ1n) is 9.07. The van der Waals surface area contributed by atoms with Gasteiger partial charge in [-0.05, 0) is 43.4 Å². The Kier molecular flexibility index (Phi) is 4.34. The number of likely N-dealkylation sites (tertiary alicyclic amines) is 2. The molecule has 5 nitrogen and oxygen atoms in total. The molecule has 2 fully saturated rings. The lowest BCUT2D eigenvalue weighted by Gasteiger charge is -2.29. The molecule has 0 radical (unpaired) electrons. The van der Waals surface area contributed by atoms with E-state index < -0.39 is 0 Å². The van der Waals surface area contributed by atoms with Crippen LogP contribution in [0.2, 0.25) is 0 Å². The van der Waals surface area contributed by atoms with Gasteiger partial charge in [0, 0.05) is 12.6 Å². The van der Waals surface area contributed by atoms with E-state index in [1.165, 1.54) is 10.5 Å². The molecule has 3 aliphatic rings. The fourth-order valence-electron chi connectivity index (χ4n) is 4.39. The molecule has 2 aliphatic heterocycles. The molecule has 0 aromatic heterocycles. The largest absolute Gasteiger partial charge is 0.497 e. The summed E-state index contributed by atoms with van der Waals surface area (Å²) in [7, 11) is 1.66. The lowest BCUT2D eigenvalue weighted by Crippen LogP contribution is -2.41. The second kappa shape index (κ2) is 6.64. The van der Waals surface area contributed by atoms with Crippen LogP contribution in [-0.4, -0.2) is 41.9 Å². The van der Waals surface area contributed by atoms with Gasteiger partial charge in [0.25, 0.3) is 0 Å². The van der Waals surface area contributed by atoms with Crippen molar-refractivity contribution in [2.24, 2.45) is 11.8 Å². The van der Waals surface area contributed by atoms with E-state index in [1.807, 2.05) is 24.3 Å². The molecule has 1 aliphatic carbocycles. The summed E-state index contributed by atoms with van der Waals surface area (Å²) in [5.41, 5.74) is 1.22. The van der Waals surface area contributed by atoms with Crippen LogP contribution in [0.4, 0.5) is 0 Å². The first-order chi connectivity index (χ1) is 12.2. The number of carbonyl (C=O) groups excluding carboxylic acids is 2. The topological polar surface area (TPSA) is 49.9 Å². The molecule has 3 atom stereocenters. The normalized spacial score (nSPS) is 29.3. The summed E-state index contributed by atoms with van der Waals surface area (Å²) < 4.78 is 5.23. The number of hydrogen-bond acceptors (Lipinski definition) is 4. The highest BCUT2D eigenvalue weighted by atomic mass is 16.5. The Morgan fingerprint density at radius 2 is 1.68 bits per heavy atom. The number of rotatable bonds is 4. The number of allylic oxidation sites excluding steroid dienone is 2. The van der Waals surface area contributed by atoms with Crippen molar-refractivity contribution in [1.82, 2.24) is 9.80 Å². The molecule has 132 valence electrons. The van der Waals surface area contributed by atoms with Gasteiger partial charge in [-0.15, -0.1) is 0 Å². The first-order valence-corrected chi connectivity index (χ1v) is 9.07. The monoisotopic (exact) mass is 340 g/mol. The van der Waals surface area contributed by atoms with Gasteiger partial charge >= 0.3 is 0 Å². The molecule has 0 N–H and O–H groups in total. The second-order valence-corrected chi connectivity index (χ2v) is 7.15. The molecular formula is C20H24N2O3. The van der Waals surface area contributed by atoms with Crippen molar-refractivity contribution >= 4 is 11.8 Å². The van der Waals surface area contributed by atoms with E-state index in [4.69, 9.17) is 4.74 Å². The number of ether oxygens (including phenoxy) is 1. The summed E-state index contributed by atoms with van der Waals surface area (Å²) in [6, 6.07) is 8.36. The van der Waals surface area contributed by atoms with E-state index in [2.05, 4.69) is 17.0 Å². The number of hydrogen-bond donors (Lipinski definition) is 0. The summed E-state index contributed by atoms with van der Waals surface area (Å²) in [5, 5.41) is 0. The number of imide groups is 1. The van der Waals surface area contributed by atoms with Crippen molar-refractivity contribution < 1.29 is 14.3 Å². The number of benzene rings is 1. The van der Waals surface area contributed by atoms with E-state index >= 15 is 0 Å². The minimum absolute atomic E-state index is 0.0136. The van der Waals surface area contributed by atoms with Gasteiger partial charge in [0.15, 0.2) is 0 Å². The van der Waals surface area contributed by atoms with Crippen LogP contribution in [0.1, 0.15) is 37.3 Å². The summed E-state index contributed by atoms with van der Waals surface area (Å²) in [6.07, 6.45) is 7.61. The summed E-state index contributed by atoms with van der Waals surface area (Å²) >= 11 is 0. The predicted molar refractivity (Wildman–Crippen MR) is 93.7 cm³/mol. The predicted octanol–water partition coefficient (Wildman–Crippen LogP) is 2.74. The maximum absolute atomic E-state index is 12.7. The van der Waals surface area contributed by atoms with Crippen LogP contribution in [-0.2, 0) is 9.59 Å². The molecule has 4 rings (SSSR count). The fraction of sp³-hybridized carbons (Fsp3) is 0.500. The van der Waals surface area contributed by atoms with Crippen LogP contribution in [0.25, 0.3) is 0 Å². The molecule has 5 heteroatoms. The minimum Gasteiger partial charge on any atom is -0.497 e. The third-order valence-electron chi connectivity index (χ3n) is 5.79. The van der Waals surface area contributed by atoms with Crippen molar-refractivity contribution in [2.45, 2.75) is 31.7 Å². The maximum atomic E-state index is 12.7. The molecule has 0 saturated carbocycles. The highest BCUT2D eigenvalue weighted by molar-refractivity contribution is 6.05. The Bertz CT molecular complexity index is 671. The molecule has 2 heterocycles. The van der Waals surface area contributed by atoms with E-state index in [-0.39, 0.29) is 29.7 Å². The number of fused-ring (bicyclic) bond motifs is 1. The lowest BCUT2D eigenvalue weighted by molar-refractivity contribution is -0.142. The molecular weight excluding hydrogens is 316 g/mol. The van der Waals surface area contributed by atoms with Gasteiger partial charge in [0.1, 0.15) is 5.75 Å². The van der Waals surface area contributed by atoms with Crippen molar-refractivity contribution in [3.8, 4) is 5.75 Å². The summed E-state index contributed by atoms with van der Waals surface area (Å²) in [5.74, 6) is 0.591. The number of carbonyl (C=O) groups is 2. The Hall–Kier alpha value is -2.14. The van der Waals surface area contributed by atoms with E-state index in [0.29, 0.717) is 19.5 Å². The zero-order valence-electron chi connectivity index (χ0n) is 14.6. The fourth-order valence-corrected chi connectivity index (χ4v) is 4.39. The molecule has 3 unspecified atom stereocenters. The minimum atomic E-state index is -0.139. The number of methoxy groups -OCH3 is 1. The van der Waals surface area contributed by atoms with Crippen LogP contribution >= 0.6 is 0 Å². The van der Waals surface area contributed by atoms with E-state index in [0.717, 1.165) is 25.1 Å². The smallest absolute Gasteiger partial charge is 0.234 e. The van der Waals surface area contributed by atoms with Crippen LogP contribution in [0, 0.1) is 11.8 Å². The van der Waals surface area contributed by atoms with Crippen LogP contribution in [0.5, 0.6) is 5.75 Å². The van der Waals surface area contributed by atoms with Crippen molar-refractivity contribution in [1.29, 1.82) is 0 Å². The molecule has 2 amide bonds. The molecule has 2 saturated heterocycles. The average molecular weight is 340 g/mol. The van der Waals surface area contributed by atoms with Gasteiger partial charge in [-0.1, -0.05) is 24.3 Å². The van der Waals surface area contributed by atoms with Crippen molar-refractivity contribution in [3.05, 3.63) is 42.0 Å². The maximum Gasteiger partial charge on any atom is 0.234 e. The standard InChI is InChI=1S/C20H24N2O3/c1-25-15-10-8-14(9-11-15)18-7-4-12-21(18)13-22-19(23)16-5-2-3-6-17(16)20(22)24/h2-3,8-11,16-18H,4-7,12-13H2,1H3. The molecule has 1 aromatic rings. The molecule has 0 bridgehead atoms. The lowest BCUT2D eigenvalue weighted by atomic mass is 9.85. The van der Waals surface area contributed by atoms with Crippen LogP contribution < -0.4 is 4.74 Å². The second-order valence-electron chi connectivity index (χ2n) is 7.15. The van der Waals surface area contributed by atoms with Gasteiger partial charge in [-0.2, -0.15) is 0 Å². The highest BCUT2D eigenvalue weighted by Gasteiger charge is 2.48. The van der Waals surface area contributed by atoms with Gasteiger partial charge in [0.05, 0.1) is 25.6 Å². The van der Waals surface area contributed by atoms with Gasteiger partial charge in [-0.25, -0.2) is 0 Å². The number of amides is 2. The molecule has 25 heavy (non-hydrogen) atoms. The van der Waals surface area contributed by atoms with Gasteiger partial charge in [-0.3, -0.25) is 19.4 Å². The third-order valence-corrected chi connectivity index (χ3v) is 5.79. The van der Waals surface area contributed by atoms with Crippen LogP contribution in [0.3, 0.4) is 0 Å². The zero-order valence-corrected chi connectivity index (χ0v) is 14.6. The summed E-state index contributed by atoms with van der Waals surface area (Å²) in [6.45, 7) is 1.34. The third kappa shape index (κ3) is 2.86. The zero-order chi connectivity index (χ0) is 17.4. The van der Waals surface area contributed by atoms with Crippen molar-refractivity contribution in [3.63, 3.8) is 0 Å². The molecule has 0 spiro atoms. The Balaban J connectivity index is 1.49. The highest BCUT2D eigenvalue weighted by Crippen LogP contribution is 2.38. The van der Waals surface area contributed by atoms with E-state index in [9.17, 15) is 9.59 Å². The van der Waals surface area contributed by atoms with Gasteiger partial charge < -0.3 is 4.74 Å². The first kappa shape index (κ1) is 16.3. The Morgan fingerprint density at radius 1 is 1.04 bits per heavy atom. The van der Waals surface area contributed by atoms with Crippen LogP contribution in [0.15, 0.2) is 36.4 Å². The molecule has 1 aromatic carbocycles. The number of nitrogens with zero attached hydrogens (tertiary/aromatic N) is 2. The quantitative estimate of drug-likeness (QED) is 0.625. The van der Waals surface area contributed by atoms with Crippen molar-refractivity contribution in [2.75, 3.05) is 20.3 Å². The SMILES string of the molecule is COc1ccc(C2CCCN2CN2C(=O)C3CC=CCC3C2=O)cc1. The average Bonchev–Trinajstić information content (AvgIpc) is 3.21.